The molecule has 5 heteroatoms. The number of hydrogen-bond donors (Lipinski definition) is 1. The fourth-order valence-corrected chi connectivity index (χ4v) is 2.61. The lowest BCUT2D eigenvalue weighted by atomic mass is 10.1. The number of benzene rings is 1. The SMILES string of the molecule is CCN(C(=O)O)c1ccc(-c2scnc2C)cc1. The highest BCUT2D eigenvalue weighted by molar-refractivity contribution is 7.13. The zero-order valence-corrected chi connectivity index (χ0v) is 11.1. The lowest BCUT2D eigenvalue weighted by molar-refractivity contribution is 0.202. The van der Waals surface area contributed by atoms with Gasteiger partial charge in [-0.1, -0.05) is 12.1 Å². The summed E-state index contributed by atoms with van der Waals surface area (Å²) in [6, 6.07) is 7.52. The highest BCUT2D eigenvalue weighted by Gasteiger charge is 2.12. The smallest absolute Gasteiger partial charge is 0.411 e. The van der Waals surface area contributed by atoms with Gasteiger partial charge in [-0.3, -0.25) is 4.90 Å². The van der Waals surface area contributed by atoms with E-state index < -0.39 is 6.09 Å². The minimum atomic E-state index is -0.931. The van der Waals surface area contributed by atoms with Gasteiger partial charge in [0.2, 0.25) is 0 Å². The summed E-state index contributed by atoms with van der Waals surface area (Å²) in [6.07, 6.45) is -0.931. The molecular formula is C13H14N2O2S. The molecule has 0 saturated carbocycles. The maximum atomic E-state index is 11.0. The average molecular weight is 262 g/mol. The molecule has 1 aromatic heterocycles. The second-order valence-electron chi connectivity index (χ2n) is 3.84. The Hall–Kier alpha value is -1.88. The van der Waals surface area contributed by atoms with Crippen LogP contribution in [0.3, 0.4) is 0 Å². The van der Waals surface area contributed by atoms with Crippen LogP contribution < -0.4 is 4.90 Å². The van der Waals surface area contributed by atoms with Crippen molar-refractivity contribution in [1.29, 1.82) is 0 Å². The second kappa shape index (κ2) is 5.18. The Kier molecular flexibility index (Phi) is 3.62. The van der Waals surface area contributed by atoms with Crippen molar-refractivity contribution in [2.45, 2.75) is 13.8 Å². The Morgan fingerprint density at radius 1 is 1.39 bits per heavy atom. The standard InChI is InChI=1S/C13H14N2O2S/c1-3-15(13(16)17)11-6-4-10(5-7-11)12-9(2)14-8-18-12/h4-8H,3H2,1-2H3,(H,16,17). The number of aryl methyl sites for hydroxylation is 1. The zero-order valence-electron chi connectivity index (χ0n) is 10.3. The summed E-state index contributed by atoms with van der Waals surface area (Å²) < 4.78 is 0. The number of hydrogen-bond acceptors (Lipinski definition) is 3. The first-order valence-corrected chi connectivity index (χ1v) is 6.52. The molecule has 1 aromatic carbocycles. The molecule has 0 unspecified atom stereocenters. The van der Waals surface area contributed by atoms with Crippen molar-refractivity contribution in [1.82, 2.24) is 4.98 Å². The minimum Gasteiger partial charge on any atom is -0.465 e. The first-order valence-electron chi connectivity index (χ1n) is 5.64. The molecule has 0 aliphatic heterocycles. The number of anilines is 1. The van der Waals surface area contributed by atoms with Crippen LogP contribution in [0.25, 0.3) is 10.4 Å². The normalized spacial score (nSPS) is 10.3. The van der Waals surface area contributed by atoms with Crippen molar-refractivity contribution in [3.8, 4) is 10.4 Å². The summed E-state index contributed by atoms with van der Waals surface area (Å²) in [4.78, 5) is 17.7. The quantitative estimate of drug-likeness (QED) is 0.919. The molecule has 2 rings (SSSR count). The van der Waals surface area contributed by atoms with Gasteiger partial charge in [0.05, 0.1) is 16.1 Å². The molecule has 0 fully saturated rings. The van der Waals surface area contributed by atoms with Crippen LogP contribution in [0.2, 0.25) is 0 Å². The van der Waals surface area contributed by atoms with Gasteiger partial charge >= 0.3 is 6.09 Å². The molecule has 0 spiro atoms. The summed E-state index contributed by atoms with van der Waals surface area (Å²) in [5, 5.41) is 9.04. The van der Waals surface area contributed by atoms with Gasteiger partial charge in [-0.05, 0) is 31.5 Å². The molecule has 0 aliphatic rings. The monoisotopic (exact) mass is 262 g/mol. The molecule has 0 aliphatic carbocycles. The summed E-state index contributed by atoms with van der Waals surface area (Å²) in [6.45, 7) is 4.22. The number of carboxylic acid groups (broad SMARTS) is 1. The van der Waals surface area contributed by atoms with Crippen molar-refractivity contribution < 1.29 is 9.90 Å². The largest absolute Gasteiger partial charge is 0.465 e. The molecule has 18 heavy (non-hydrogen) atoms. The predicted molar refractivity (Wildman–Crippen MR) is 73.3 cm³/mol. The summed E-state index contributed by atoms with van der Waals surface area (Å²) >= 11 is 1.59. The Bertz CT molecular complexity index is 548. The van der Waals surface area contributed by atoms with Crippen LogP contribution in [0.4, 0.5) is 10.5 Å². The van der Waals surface area contributed by atoms with Gasteiger partial charge in [0.25, 0.3) is 0 Å². The van der Waals surface area contributed by atoms with Crippen LogP contribution in [0.1, 0.15) is 12.6 Å². The molecule has 1 N–H and O–H groups in total. The van der Waals surface area contributed by atoms with Crippen molar-refractivity contribution in [2.75, 3.05) is 11.4 Å². The van der Waals surface area contributed by atoms with Crippen LogP contribution in [-0.4, -0.2) is 22.7 Å². The van der Waals surface area contributed by atoms with Crippen LogP contribution in [0, 0.1) is 6.92 Å². The topological polar surface area (TPSA) is 53.4 Å². The third-order valence-corrected chi connectivity index (χ3v) is 3.71. The predicted octanol–water partition coefficient (Wildman–Crippen LogP) is 3.62. The van der Waals surface area contributed by atoms with Crippen LogP contribution in [0.5, 0.6) is 0 Å². The van der Waals surface area contributed by atoms with Gasteiger partial charge in [0.1, 0.15) is 0 Å². The Labute approximate surface area is 110 Å². The van der Waals surface area contributed by atoms with Gasteiger partial charge in [0.15, 0.2) is 0 Å². The van der Waals surface area contributed by atoms with E-state index in [-0.39, 0.29) is 0 Å². The second-order valence-corrected chi connectivity index (χ2v) is 4.70. The van der Waals surface area contributed by atoms with E-state index in [1.165, 1.54) is 4.90 Å². The number of thiazole rings is 1. The highest BCUT2D eigenvalue weighted by Crippen LogP contribution is 2.28. The third-order valence-electron chi connectivity index (χ3n) is 2.73. The molecular weight excluding hydrogens is 248 g/mol. The number of amides is 1. The number of rotatable bonds is 3. The van der Waals surface area contributed by atoms with Gasteiger partial charge in [0, 0.05) is 12.2 Å². The van der Waals surface area contributed by atoms with Crippen molar-refractivity contribution in [3.05, 3.63) is 35.5 Å². The van der Waals surface area contributed by atoms with E-state index in [4.69, 9.17) is 5.11 Å². The maximum absolute atomic E-state index is 11.0. The van der Waals surface area contributed by atoms with Crippen LogP contribution in [0.15, 0.2) is 29.8 Å². The fourth-order valence-electron chi connectivity index (χ4n) is 1.80. The molecule has 1 heterocycles. The maximum Gasteiger partial charge on any atom is 0.411 e. The molecule has 0 saturated heterocycles. The summed E-state index contributed by atoms with van der Waals surface area (Å²) in [5.41, 5.74) is 4.57. The molecule has 1 amide bonds. The van der Waals surface area contributed by atoms with E-state index in [1.807, 2.05) is 43.6 Å². The average Bonchev–Trinajstić information content (AvgIpc) is 2.77. The van der Waals surface area contributed by atoms with E-state index in [2.05, 4.69) is 4.98 Å². The number of aromatic nitrogens is 1. The lowest BCUT2D eigenvalue weighted by Gasteiger charge is -2.17. The summed E-state index contributed by atoms with van der Waals surface area (Å²) in [5.74, 6) is 0. The van der Waals surface area contributed by atoms with Crippen LogP contribution >= 0.6 is 11.3 Å². The molecule has 0 radical (unpaired) electrons. The molecule has 2 aromatic rings. The molecule has 94 valence electrons. The first-order chi connectivity index (χ1) is 8.63. The van der Waals surface area contributed by atoms with E-state index in [0.29, 0.717) is 12.2 Å². The van der Waals surface area contributed by atoms with Gasteiger partial charge in [-0.15, -0.1) is 11.3 Å². The zero-order chi connectivity index (χ0) is 13.1. The van der Waals surface area contributed by atoms with Crippen molar-refractivity contribution >= 4 is 23.1 Å². The third kappa shape index (κ3) is 2.36. The molecule has 0 atom stereocenters. The van der Waals surface area contributed by atoms with E-state index >= 15 is 0 Å². The van der Waals surface area contributed by atoms with E-state index in [1.54, 1.807) is 11.3 Å². The fraction of sp³-hybridized carbons (Fsp3) is 0.231. The highest BCUT2D eigenvalue weighted by atomic mass is 32.1. The van der Waals surface area contributed by atoms with Crippen molar-refractivity contribution in [2.24, 2.45) is 0 Å². The minimum absolute atomic E-state index is 0.439. The number of nitrogens with zero attached hydrogens (tertiary/aromatic N) is 2. The Morgan fingerprint density at radius 2 is 2.06 bits per heavy atom. The molecule has 0 bridgehead atoms. The van der Waals surface area contributed by atoms with E-state index in [0.717, 1.165) is 16.1 Å². The molecule has 4 nitrogen and oxygen atoms in total. The van der Waals surface area contributed by atoms with Crippen LogP contribution in [-0.2, 0) is 0 Å². The van der Waals surface area contributed by atoms with Gasteiger partial charge in [-0.2, -0.15) is 0 Å². The van der Waals surface area contributed by atoms with Crippen molar-refractivity contribution in [3.63, 3.8) is 0 Å². The summed E-state index contributed by atoms with van der Waals surface area (Å²) in [7, 11) is 0. The van der Waals surface area contributed by atoms with Gasteiger partial charge in [-0.25, -0.2) is 9.78 Å². The Morgan fingerprint density at radius 3 is 2.50 bits per heavy atom. The number of carbonyl (C=O) groups is 1. The lowest BCUT2D eigenvalue weighted by Crippen LogP contribution is -2.28. The van der Waals surface area contributed by atoms with E-state index in [9.17, 15) is 4.79 Å². The Balaban J connectivity index is 2.31. The van der Waals surface area contributed by atoms with Gasteiger partial charge < -0.3 is 5.11 Å². The first kappa shape index (κ1) is 12.6.